The standard InChI is InChI=1S/C8H9FN2O3/c1-5(12)2-3-11-4-6(9)7(13)10-8(11)14/h4H,2-3H2,1H3,(H,10,13,14). The summed E-state index contributed by atoms with van der Waals surface area (Å²) in [6.45, 7) is 1.44. The molecule has 0 fully saturated rings. The van der Waals surface area contributed by atoms with Gasteiger partial charge in [-0.05, 0) is 6.92 Å². The van der Waals surface area contributed by atoms with Crippen LogP contribution in [-0.2, 0) is 11.3 Å². The van der Waals surface area contributed by atoms with Crippen molar-refractivity contribution < 1.29 is 9.18 Å². The summed E-state index contributed by atoms with van der Waals surface area (Å²) in [5, 5.41) is 0. The van der Waals surface area contributed by atoms with E-state index in [1.807, 2.05) is 0 Å². The van der Waals surface area contributed by atoms with Gasteiger partial charge in [-0.2, -0.15) is 4.39 Å². The molecule has 6 heteroatoms. The first kappa shape index (κ1) is 10.4. The van der Waals surface area contributed by atoms with Crippen molar-refractivity contribution in [1.82, 2.24) is 9.55 Å². The van der Waals surface area contributed by atoms with Crippen molar-refractivity contribution in [3.05, 3.63) is 32.9 Å². The third kappa shape index (κ3) is 2.38. The summed E-state index contributed by atoms with van der Waals surface area (Å²) in [6.07, 6.45) is 0.926. The Morgan fingerprint density at radius 1 is 1.57 bits per heavy atom. The van der Waals surface area contributed by atoms with E-state index in [9.17, 15) is 18.8 Å². The Hall–Kier alpha value is -1.72. The van der Waals surface area contributed by atoms with Crippen molar-refractivity contribution in [2.45, 2.75) is 19.9 Å². The molecule has 0 bridgehead atoms. The van der Waals surface area contributed by atoms with Crippen LogP contribution >= 0.6 is 0 Å². The molecule has 0 aliphatic carbocycles. The van der Waals surface area contributed by atoms with Crippen LogP contribution in [0.15, 0.2) is 15.8 Å². The number of nitrogens with one attached hydrogen (secondary N) is 1. The van der Waals surface area contributed by atoms with Gasteiger partial charge < -0.3 is 0 Å². The molecule has 0 saturated carbocycles. The first-order chi connectivity index (χ1) is 6.50. The third-order valence-electron chi connectivity index (χ3n) is 1.67. The van der Waals surface area contributed by atoms with Gasteiger partial charge in [0.1, 0.15) is 5.78 Å². The lowest BCUT2D eigenvalue weighted by atomic mass is 10.3. The average molecular weight is 200 g/mol. The highest BCUT2D eigenvalue weighted by molar-refractivity contribution is 5.75. The van der Waals surface area contributed by atoms with Crippen molar-refractivity contribution in [3.63, 3.8) is 0 Å². The number of aromatic amines is 1. The molecule has 1 N–H and O–H groups in total. The maximum atomic E-state index is 12.7. The van der Waals surface area contributed by atoms with Crippen molar-refractivity contribution >= 4 is 5.78 Å². The number of rotatable bonds is 3. The fraction of sp³-hybridized carbons (Fsp3) is 0.375. The summed E-state index contributed by atoms with van der Waals surface area (Å²) in [6, 6.07) is 0. The smallest absolute Gasteiger partial charge is 0.300 e. The van der Waals surface area contributed by atoms with E-state index in [1.165, 1.54) is 6.92 Å². The Morgan fingerprint density at radius 2 is 2.21 bits per heavy atom. The number of nitrogens with zero attached hydrogens (tertiary/aromatic N) is 1. The van der Waals surface area contributed by atoms with Gasteiger partial charge in [-0.1, -0.05) is 0 Å². The Morgan fingerprint density at radius 3 is 2.79 bits per heavy atom. The number of halogens is 1. The first-order valence-electron chi connectivity index (χ1n) is 3.99. The number of aromatic nitrogens is 2. The second-order valence-corrected chi connectivity index (χ2v) is 2.88. The van der Waals surface area contributed by atoms with Gasteiger partial charge in [0.05, 0.1) is 6.20 Å². The van der Waals surface area contributed by atoms with Crippen LogP contribution in [0.5, 0.6) is 0 Å². The molecule has 0 amide bonds. The fourth-order valence-electron chi connectivity index (χ4n) is 0.927. The molecular formula is C8H9FN2O3. The van der Waals surface area contributed by atoms with E-state index in [-0.39, 0.29) is 18.7 Å². The SMILES string of the molecule is CC(=O)CCn1cc(F)c(=O)[nH]c1=O. The number of carbonyl (C=O) groups is 1. The predicted molar refractivity (Wildman–Crippen MR) is 46.6 cm³/mol. The molecule has 76 valence electrons. The molecule has 1 rings (SSSR count). The fourth-order valence-corrected chi connectivity index (χ4v) is 0.927. The molecule has 5 nitrogen and oxygen atoms in total. The van der Waals surface area contributed by atoms with Gasteiger partial charge in [-0.25, -0.2) is 4.79 Å². The molecule has 0 aromatic carbocycles. The zero-order chi connectivity index (χ0) is 10.7. The number of H-pyrrole nitrogens is 1. The minimum atomic E-state index is -1.05. The van der Waals surface area contributed by atoms with E-state index < -0.39 is 17.1 Å². The van der Waals surface area contributed by atoms with Crippen molar-refractivity contribution in [2.24, 2.45) is 0 Å². The molecular weight excluding hydrogens is 191 g/mol. The first-order valence-corrected chi connectivity index (χ1v) is 3.99. The summed E-state index contributed by atoms with van der Waals surface area (Å²) in [7, 11) is 0. The molecule has 1 aromatic rings. The second kappa shape index (κ2) is 3.99. The molecule has 0 aliphatic heterocycles. The van der Waals surface area contributed by atoms with Crippen LogP contribution < -0.4 is 11.2 Å². The van der Waals surface area contributed by atoms with E-state index in [0.29, 0.717) is 0 Å². The molecule has 1 aromatic heterocycles. The second-order valence-electron chi connectivity index (χ2n) is 2.88. The van der Waals surface area contributed by atoms with Crippen LogP contribution in [0, 0.1) is 5.82 Å². The molecule has 0 spiro atoms. The maximum Gasteiger partial charge on any atom is 0.328 e. The van der Waals surface area contributed by atoms with Gasteiger partial charge in [0.2, 0.25) is 5.82 Å². The number of Topliss-reactive ketones (excluding diaryl/α,β-unsaturated/α-hetero) is 1. The van der Waals surface area contributed by atoms with Crippen LogP contribution in [-0.4, -0.2) is 15.3 Å². The molecule has 1 heterocycles. The Labute approximate surface area is 78.2 Å². The van der Waals surface area contributed by atoms with Gasteiger partial charge in [0.25, 0.3) is 5.56 Å². The van der Waals surface area contributed by atoms with E-state index in [2.05, 4.69) is 0 Å². The lowest BCUT2D eigenvalue weighted by molar-refractivity contribution is -0.117. The number of ketones is 1. The summed E-state index contributed by atoms with van der Waals surface area (Å²) >= 11 is 0. The van der Waals surface area contributed by atoms with Crippen LogP contribution in [0.2, 0.25) is 0 Å². The highest BCUT2D eigenvalue weighted by atomic mass is 19.1. The molecule has 0 unspecified atom stereocenters. The van der Waals surface area contributed by atoms with Crippen LogP contribution in [0.1, 0.15) is 13.3 Å². The Bertz CT molecular complexity index is 460. The highest BCUT2D eigenvalue weighted by Crippen LogP contribution is 1.89. The Balaban J connectivity index is 2.99. The number of aryl methyl sites for hydroxylation is 1. The molecule has 0 saturated heterocycles. The molecule has 0 radical (unpaired) electrons. The quantitative estimate of drug-likeness (QED) is 0.725. The maximum absolute atomic E-state index is 12.7. The largest absolute Gasteiger partial charge is 0.328 e. The van der Waals surface area contributed by atoms with E-state index in [4.69, 9.17) is 0 Å². The zero-order valence-corrected chi connectivity index (χ0v) is 7.54. The molecule has 0 atom stereocenters. The van der Waals surface area contributed by atoms with E-state index in [1.54, 1.807) is 4.98 Å². The van der Waals surface area contributed by atoms with E-state index in [0.717, 1.165) is 10.8 Å². The minimum Gasteiger partial charge on any atom is -0.300 e. The Kier molecular flexibility index (Phi) is 2.95. The van der Waals surface area contributed by atoms with Crippen molar-refractivity contribution in [1.29, 1.82) is 0 Å². The number of hydrogen-bond acceptors (Lipinski definition) is 3. The monoisotopic (exact) mass is 200 g/mol. The number of carbonyl (C=O) groups excluding carboxylic acids is 1. The van der Waals surface area contributed by atoms with Crippen LogP contribution in [0.25, 0.3) is 0 Å². The third-order valence-corrected chi connectivity index (χ3v) is 1.67. The van der Waals surface area contributed by atoms with Crippen LogP contribution in [0.3, 0.4) is 0 Å². The van der Waals surface area contributed by atoms with E-state index >= 15 is 0 Å². The number of hydrogen-bond donors (Lipinski definition) is 1. The molecule has 14 heavy (non-hydrogen) atoms. The molecule has 0 aliphatic rings. The van der Waals surface area contributed by atoms with Gasteiger partial charge in [0.15, 0.2) is 0 Å². The van der Waals surface area contributed by atoms with Gasteiger partial charge in [-0.3, -0.25) is 19.1 Å². The van der Waals surface area contributed by atoms with Crippen molar-refractivity contribution in [3.8, 4) is 0 Å². The predicted octanol–water partition coefficient (Wildman–Crippen LogP) is -0.345. The van der Waals surface area contributed by atoms with Crippen LogP contribution in [0.4, 0.5) is 4.39 Å². The highest BCUT2D eigenvalue weighted by Gasteiger charge is 2.03. The van der Waals surface area contributed by atoms with Gasteiger partial charge in [-0.15, -0.1) is 0 Å². The lowest BCUT2D eigenvalue weighted by Gasteiger charge is -2.01. The lowest BCUT2D eigenvalue weighted by Crippen LogP contribution is -2.31. The summed E-state index contributed by atoms with van der Waals surface area (Å²) in [5.41, 5.74) is -1.76. The minimum absolute atomic E-state index is 0.0713. The van der Waals surface area contributed by atoms with Gasteiger partial charge >= 0.3 is 5.69 Å². The topological polar surface area (TPSA) is 71.9 Å². The van der Waals surface area contributed by atoms with Crippen molar-refractivity contribution in [2.75, 3.05) is 0 Å². The zero-order valence-electron chi connectivity index (χ0n) is 7.54. The van der Waals surface area contributed by atoms with Gasteiger partial charge in [0, 0.05) is 13.0 Å². The summed E-state index contributed by atoms with van der Waals surface area (Å²) < 4.78 is 13.7. The summed E-state index contributed by atoms with van der Waals surface area (Å²) in [4.78, 5) is 34.0. The normalized spacial score (nSPS) is 10.1. The average Bonchev–Trinajstić information content (AvgIpc) is 2.09. The summed E-state index contributed by atoms with van der Waals surface area (Å²) in [5.74, 6) is -1.14.